The van der Waals surface area contributed by atoms with Crippen LogP contribution in [0.15, 0.2) is 0 Å². The molecule has 8 N–H and O–H groups in total. The average molecular weight is 174 g/mol. The van der Waals surface area contributed by atoms with E-state index in [4.69, 9.17) is 0 Å². The summed E-state index contributed by atoms with van der Waals surface area (Å²) in [4.78, 5) is 0. The Morgan fingerprint density at radius 1 is 0.889 bits per heavy atom. The zero-order chi connectivity index (χ0) is 7.71. The Hall–Kier alpha value is 0.260. The van der Waals surface area contributed by atoms with E-state index in [1.165, 1.54) is 0 Å². The van der Waals surface area contributed by atoms with Crippen molar-refractivity contribution in [2.45, 2.75) is 0 Å². The molecular weight excluding hydrogens is 166 g/mol. The molecule has 0 aliphatic rings. The molecule has 0 aromatic rings. The fourth-order valence-electron chi connectivity index (χ4n) is 0.199. The normalized spacial score (nSPS) is 13.8. The van der Waals surface area contributed by atoms with Gasteiger partial charge in [-0.2, -0.15) is 0 Å². The molecule has 0 atom stereocenters. The van der Waals surface area contributed by atoms with Gasteiger partial charge in [0.25, 0.3) is 0 Å². The number of hydrogen-bond donors (Lipinski definition) is 4. The smallest absolute Gasteiger partial charge is 0.256 e. The highest BCUT2D eigenvalue weighted by atomic mass is 31.3. The van der Waals surface area contributed by atoms with E-state index >= 15 is 0 Å². The van der Waals surface area contributed by atoms with Gasteiger partial charge < -0.3 is 0 Å². The molecule has 0 aromatic carbocycles. The first-order chi connectivity index (χ1) is 3.71. The van der Waals surface area contributed by atoms with Crippen LogP contribution >= 0.6 is 15.3 Å². The van der Waals surface area contributed by atoms with E-state index in [9.17, 15) is 9.13 Å². The molecule has 0 fully saturated rings. The molecule has 9 heavy (non-hydrogen) atoms. The van der Waals surface area contributed by atoms with Gasteiger partial charge in [0.15, 0.2) is 0 Å². The van der Waals surface area contributed by atoms with Crippen molar-refractivity contribution in [1.29, 1.82) is 0 Å². The van der Waals surface area contributed by atoms with Crippen molar-refractivity contribution >= 4 is 15.3 Å². The van der Waals surface area contributed by atoms with E-state index in [0.29, 0.717) is 0 Å². The molecule has 0 aromatic heterocycles. The molecule has 0 aliphatic carbocycles. The lowest BCUT2D eigenvalue weighted by Crippen LogP contribution is -2.14. The third-order valence-corrected chi connectivity index (χ3v) is 2.30. The van der Waals surface area contributed by atoms with E-state index in [1.54, 1.807) is 0 Å². The molecule has 7 nitrogen and oxygen atoms in total. The van der Waals surface area contributed by atoms with E-state index in [1.807, 2.05) is 0 Å². The number of nitrogens with two attached hydrogens (primary N) is 4. The third-order valence-electron chi connectivity index (χ3n) is 0.255. The van der Waals surface area contributed by atoms with Crippen LogP contribution in [0.3, 0.4) is 0 Å². The summed E-state index contributed by atoms with van der Waals surface area (Å²) in [6.07, 6.45) is 0. The van der Waals surface area contributed by atoms with Crippen LogP contribution in [0.2, 0.25) is 0 Å². The maximum absolute atomic E-state index is 10.2. The quantitative estimate of drug-likeness (QED) is 0.394. The lowest BCUT2D eigenvalue weighted by Gasteiger charge is -2.09. The summed E-state index contributed by atoms with van der Waals surface area (Å²) < 4.78 is 24.3. The molecule has 0 saturated carbocycles. The van der Waals surface area contributed by atoms with Gasteiger partial charge in [-0.3, -0.25) is 9.13 Å². The van der Waals surface area contributed by atoms with Gasteiger partial charge in [-0.25, -0.2) is 26.3 Å². The Kier molecular flexibility index (Phi) is 2.55. The Morgan fingerprint density at radius 3 is 1.11 bits per heavy atom. The minimum atomic E-state index is -3.80. The average Bonchev–Trinajstić information content (AvgIpc) is 1.14. The first kappa shape index (κ1) is 9.26. The van der Waals surface area contributed by atoms with Crippen LogP contribution in [-0.4, -0.2) is 0 Å². The molecule has 0 amide bonds. The second kappa shape index (κ2) is 2.48. The monoisotopic (exact) mass is 174 g/mol. The van der Waals surface area contributed by atoms with Crippen molar-refractivity contribution in [3.8, 4) is 0 Å². The minimum absolute atomic E-state index is 3.80. The summed E-state index contributed by atoms with van der Waals surface area (Å²) in [6, 6.07) is 0. The molecular formula is H8N4O3P2. The van der Waals surface area contributed by atoms with Gasteiger partial charge >= 0.3 is 15.3 Å². The maximum Gasteiger partial charge on any atom is 0.342 e. The second-order valence-electron chi connectivity index (χ2n) is 1.37. The Morgan fingerprint density at radius 2 is 1.11 bits per heavy atom. The second-order valence-corrected chi connectivity index (χ2v) is 4.61. The van der Waals surface area contributed by atoms with Gasteiger partial charge in [-0.05, 0) is 0 Å². The third kappa shape index (κ3) is 8.26. The lowest BCUT2D eigenvalue weighted by molar-refractivity contribution is 0.459. The van der Waals surface area contributed by atoms with Crippen molar-refractivity contribution in [1.82, 2.24) is 0 Å². The summed E-state index contributed by atoms with van der Waals surface area (Å²) >= 11 is 0. The molecule has 0 rings (SSSR count). The van der Waals surface area contributed by atoms with Crippen molar-refractivity contribution < 1.29 is 13.4 Å². The molecule has 9 heteroatoms. The van der Waals surface area contributed by atoms with Crippen LogP contribution in [0.4, 0.5) is 0 Å². The fraction of sp³-hybridized carbons (Fsp3) is 0. The van der Waals surface area contributed by atoms with Crippen LogP contribution in [0.1, 0.15) is 0 Å². The summed E-state index contributed by atoms with van der Waals surface area (Å²) in [5.41, 5.74) is 18.4. The molecule has 0 heterocycles. The molecule has 0 unspecified atom stereocenters. The van der Waals surface area contributed by atoms with Crippen LogP contribution in [0, 0.1) is 0 Å². The van der Waals surface area contributed by atoms with Crippen LogP contribution in [-0.2, 0) is 13.4 Å². The molecule has 0 spiro atoms. The predicted molar refractivity (Wildman–Crippen MR) is 33.0 cm³/mol. The summed E-state index contributed by atoms with van der Waals surface area (Å²) in [5.74, 6) is 0. The van der Waals surface area contributed by atoms with Crippen LogP contribution in [0.25, 0.3) is 0 Å². The molecule has 0 saturated heterocycles. The van der Waals surface area contributed by atoms with E-state index < -0.39 is 15.3 Å². The molecule has 0 bridgehead atoms. The highest BCUT2D eigenvalue weighted by Gasteiger charge is 2.20. The first-order valence-electron chi connectivity index (χ1n) is 1.76. The van der Waals surface area contributed by atoms with Crippen LogP contribution in [0.5, 0.6) is 0 Å². The topological polar surface area (TPSA) is 147 Å². The number of rotatable bonds is 2. The largest absolute Gasteiger partial charge is 0.342 e. The molecule has 0 aliphatic heterocycles. The van der Waals surface area contributed by atoms with Gasteiger partial charge in [-0.1, -0.05) is 0 Å². The maximum atomic E-state index is 10.2. The zero-order valence-corrected chi connectivity index (χ0v) is 6.22. The van der Waals surface area contributed by atoms with Gasteiger partial charge in [0.2, 0.25) is 0 Å². The Bertz CT molecular complexity index is 154. The Balaban J connectivity index is 4.07. The number of hydrogen-bond acceptors (Lipinski definition) is 3. The first-order valence-corrected chi connectivity index (χ1v) is 5.29. The van der Waals surface area contributed by atoms with Crippen molar-refractivity contribution in [2.75, 3.05) is 0 Å². The van der Waals surface area contributed by atoms with E-state index in [-0.39, 0.29) is 0 Å². The SMILES string of the molecule is NP(N)(=O)OP(N)(N)=O. The van der Waals surface area contributed by atoms with E-state index in [0.717, 1.165) is 0 Å². The molecule has 0 radical (unpaired) electrons. The summed E-state index contributed by atoms with van der Waals surface area (Å²) in [6.45, 7) is 0. The van der Waals surface area contributed by atoms with Gasteiger partial charge in [-0.15, -0.1) is 0 Å². The summed E-state index contributed by atoms with van der Waals surface area (Å²) in [5, 5.41) is 0. The lowest BCUT2D eigenvalue weighted by atomic mass is 13.9. The highest BCUT2D eigenvalue weighted by Crippen LogP contribution is 2.44. The predicted octanol–water partition coefficient (Wildman–Crippen LogP) is -0.946. The van der Waals surface area contributed by atoms with Crippen molar-refractivity contribution in [3.63, 3.8) is 0 Å². The highest BCUT2D eigenvalue weighted by molar-refractivity contribution is 7.67. The van der Waals surface area contributed by atoms with Gasteiger partial charge in [0.1, 0.15) is 0 Å². The standard InChI is InChI=1S/H8N4O3P2/c1-8(2,5)7-9(3,4)6/h(H4,1,2,5)(H4,3,4,6). The zero-order valence-electron chi connectivity index (χ0n) is 4.43. The van der Waals surface area contributed by atoms with Gasteiger partial charge in [0, 0.05) is 0 Å². The Labute approximate surface area is 51.8 Å². The van der Waals surface area contributed by atoms with E-state index in [2.05, 4.69) is 26.3 Å². The fourth-order valence-corrected chi connectivity index (χ4v) is 1.80. The molecule has 56 valence electrons. The minimum Gasteiger partial charge on any atom is -0.256 e. The van der Waals surface area contributed by atoms with Crippen LogP contribution < -0.4 is 22.0 Å². The van der Waals surface area contributed by atoms with Crippen molar-refractivity contribution in [2.24, 2.45) is 22.0 Å². The summed E-state index contributed by atoms with van der Waals surface area (Å²) in [7, 11) is -7.60. The van der Waals surface area contributed by atoms with Gasteiger partial charge in [0.05, 0.1) is 0 Å². The van der Waals surface area contributed by atoms with Crippen molar-refractivity contribution in [3.05, 3.63) is 0 Å².